The maximum absolute atomic E-state index is 12.2. The highest BCUT2D eigenvalue weighted by atomic mass is 16.5. The Morgan fingerprint density at radius 1 is 1.20 bits per heavy atom. The molecule has 0 spiro atoms. The first-order valence-corrected chi connectivity index (χ1v) is 8.20. The number of ether oxygens (including phenoxy) is 1. The van der Waals surface area contributed by atoms with Crippen LogP contribution in [0.2, 0.25) is 0 Å². The largest absolute Gasteiger partial charge is 0.484 e. The van der Waals surface area contributed by atoms with E-state index in [0.717, 1.165) is 17.0 Å². The zero-order valence-corrected chi connectivity index (χ0v) is 14.8. The van der Waals surface area contributed by atoms with Gasteiger partial charge < -0.3 is 20.0 Å². The summed E-state index contributed by atoms with van der Waals surface area (Å²) >= 11 is 0. The van der Waals surface area contributed by atoms with Crippen molar-refractivity contribution >= 4 is 5.91 Å². The summed E-state index contributed by atoms with van der Waals surface area (Å²) in [5.74, 6) is 0.946. The first-order chi connectivity index (χ1) is 12.0. The Bertz CT molecular complexity index is 861. The lowest BCUT2D eigenvalue weighted by Crippen LogP contribution is -2.19. The van der Waals surface area contributed by atoms with Crippen molar-refractivity contribution in [2.24, 2.45) is 0 Å². The third-order valence-corrected chi connectivity index (χ3v) is 4.19. The third kappa shape index (κ3) is 3.42. The molecule has 0 aliphatic heterocycles. The lowest BCUT2D eigenvalue weighted by atomic mass is 10.1. The molecule has 25 heavy (non-hydrogen) atoms. The van der Waals surface area contributed by atoms with Crippen LogP contribution in [0, 0.1) is 13.8 Å². The molecule has 3 rings (SSSR count). The minimum absolute atomic E-state index is 0.187. The van der Waals surface area contributed by atoms with Gasteiger partial charge in [0, 0.05) is 18.8 Å². The monoisotopic (exact) mass is 338 g/mol. The fourth-order valence-corrected chi connectivity index (χ4v) is 2.61. The predicted octanol–water partition coefficient (Wildman–Crippen LogP) is 3.52. The second kappa shape index (κ2) is 6.84. The van der Waals surface area contributed by atoms with E-state index < -0.39 is 0 Å². The van der Waals surface area contributed by atoms with Gasteiger partial charge in [0.15, 0.2) is 11.6 Å². The molecule has 1 amide bonds. The number of aromatic nitrogens is 3. The molecular weight excluding hydrogens is 316 g/mol. The molecule has 0 aliphatic rings. The number of amides is 1. The number of nitrogens with one attached hydrogen (secondary N) is 3. The molecule has 6 nitrogen and oxygen atoms in total. The van der Waals surface area contributed by atoms with Gasteiger partial charge in [0.2, 0.25) is 0 Å². The Kier molecular flexibility index (Phi) is 4.61. The van der Waals surface area contributed by atoms with E-state index >= 15 is 0 Å². The number of rotatable bonds is 5. The van der Waals surface area contributed by atoms with Gasteiger partial charge in [-0.15, -0.1) is 0 Å². The lowest BCUT2D eigenvalue weighted by molar-refractivity contribution is 0.0952. The molecule has 130 valence electrons. The number of carbonyl (C=O) groups is 1. The van der Waals surface area contributed by atoms with E-state index in [1.165, 1.54) is 0 Å². The van der Waals surface area contributed by atoms with Crippen molar-refractivity contribution in [1.29, 1.82) is 0 Å². The lowest BCUT2D eigenvalue weighted by Gasteiger charge is -2.14. The van der Waals surface area contributed by atoms with Crippen LogP contribution in [0.15, 0.2) is 36.4 Å². The van der Waals surface area contributed by atoms with Gasteiger partial charge in [-0.3, -0.25) is 4.79 Å². The maximum atomic E-state index is 12.2. The molecular formula is C19H22N4O2. The van der Waals surface area contributed by atoms with E-state index in [4.69, 9.17) is 4.74 Å². The zero-order chi connectivity index (χ0) is 18.0. The smallest absolute Gasteiger partial charge is 0.271 e. The molecule has 6 heteroatoms. The predicted molar refractivity (Wildman–Crippen MR) is 96.7 cm³/mol. The number of aromatic amines is 2. The molecule has 3 aromatic rings. The molecule has 1 aromatic carbocycles. The van der Waals surface area contributed by atoms with Crippen LogP contribution in [-0.4, -0.2) is 27.9 Å². The Morgan fingerprint density at radius 3 is 2.52 bits per heavy atom. The molecule has 0 radical (unpaired) electrons. The summed E-state index contributed by atoms with van der Waals surface area (Å²) in [5, 5.41) is 2.64. The Morgan fingerprint density at radius 2 is 1.92 bits per heavy atom. The van der Waals surface area contributed by atoms with Gasteiger partial charge in [0.05, 0.1) is 11.4 Å². The maximum Gasteiger partial charge on any atom is 0.271 e. The molecule has 3 N–H and O–H groups in total. The number of aryl methyl sites for hydroxylation is 2. The van der Waals surface area contributed by atoms with Crippen LogP contribution in [-0.2, 0) is 0 Å². The summed E-state index contributed by atoms with van der Waals surface area (Å²) in [6.07, 6.45) is -0.187. The SMILES string of the molecule is CNC(=O)c1[nH]c(-c2nc(C)c(C)[nH]2)cc1O[C@H](C)c1ccccc1. The van der Waals surface area contributed by atoms with Gasteiger partial charge in [-0.25, -0.2) is 4.98 Å². The second-order valence-corrected chi connectivity index (χ2v) is 5.97. The average Bonchev–Trinajstić information content (AvgIpc) is 3.18. The number of nitrogens with zero attached hydrogens (tertiary/aromatic N) is 1. The van der Waals surface area contributed by atoms with Crippen LogP contribution in [0.5, 0.6) is 5.75 Å². The Hall–Kier alpha value is -3.02. The summed E-state index contributed by atoms with van der Waals surface area (Å²) in [5.41, 5.74) is 4.05. The van der Waals surface area contributed by atoms with Gasteiger partial charge in [-0.1, -0.05) is 30.3 Å². The quantitative estimate of drug-likeness (QED) is 0.665. The van der Waals surface area contributed by atoms with E-state index in [9.17, 15) is 4.79 Å². The number of benzene rings is 1. The summed E-state index contributed by atoms with van der Waals surface area (Å²) in [6.45, 7) is 5.85. The van der Waals surface area contributed by atoms with Gasteiger partial charge in [-0.2, -0.15) is 0 Å². The fraction of sp³-hybridized carbons (Fsp3) is 0.263. The number of hydrogen-bond donors (Lipinski definition) is 3. The second-order valence-electron chi connectivity index (χ2n) is 5.97. The van der Waals surface area contributed by atoms with Gasteiger partial charge >= 0.3 is 0 Å². The van der Waals surface area contributed by atoms with E-state index in [1.54, 1.807) is 7.05 Å². The van der Waals surface area contributed by atoms with Crippen molar-refractivity contribution in [1.82, 2.24) is 20.3 Å². The van der Waals surface area contributed by atoms with Crippen LogP contribution in [0.1, 0.15) is 40.5 Å². The van der Waals surface area contributed by atoms with Crippen molar-refractivity contribution in [3.63, 3.8) is 0 Å². The molecule has 0 aliphatic carbocycles. The molecule has 2 aromatic heterocycles. The molecule has 0 fully saturated rings. The Labute approximate surface area is 146 Å². The van der Waals surface area contributed by atoms with Gasteiger partial charge in [0.1, 0.15) is 11.8 Å². The highest BCUT2D eigenvalue weighted by molar-refractivity contribution is 5.96. The van der Waals surface area contributed by atoms with Crippen molar-refractivity contribution in [3.8, 4) is 17.3 Å². The van der Waals surface area contributed by atoms with Gasteiger partial charge in [-0.05, 0) is 26.3 Å². The van der Waals surface area contributed by atoms with E-state index in [0.29, 0.717) is 23.0 Å². The number of H-pyrrole nitrogens is 2. The molecule has 0 saturated carbocycles. The fourth-order valence-electron chi connectivity index (χ4n) is 2.61. The van der Waals surface area contributed by atoms with Crippen LogP contribution >= 0.6 is 0 Å². The summed E-state index contributed by atoms with van der Waals surface area (Å²) in [4.78, 5) is 23.0. The normalized spacial score (nSPS) is 12.0. The van der Waals surface area contributed by atoms with Crippen LogP contribution in [0.3, 0.4) is 0 Å². The minimum Gasteiger partial charge on any atom is -0.484 e. The van der Waals surface area contributed by atoms with Crippen LogP contribution < -0.4 is 10.1 Å². The minimum atomic E-state index is -0.235. The highest BCUT2D eigenvalue weighted by Crippen LogP contribution is 2.30. The molecule has 0 unspecified atom stereocenters. The molecule has 0 bridgehead atoms. The topological polar surface area (TPSA) is 82.8 Å². The summed E-state index contributed by atoms with van der Waals surface area (Å²) < 4.78 is 6.06. The van der Waals surface area contributed by atoms with E-state index in [1.807, 2.05) is 57.2 Å². The van der Waals surface area contributed by atoms with Crippen molar-refractivity contribution in [2.45, 2.75) is 26.9 Å². The molecule has 0 saturated heterocycles. The van der Waals surface area contributed by atoms with Gasteiger partial charge in [0.25, 0.3) is 5.91 Å². The van der Waals surface area contributed by atoms with Crippen LogP contribution in [0.4, 0.5) is 0 Å². The van der Waals surface area contributed by atoms with Crippen molar-refractivity contribution < 1.29 is 9.53 Å². The first-order valence-electron chi connectivity index (χ1n) is 8.20. The average molecular weight is 338 g/mol. The molecule has 2 heterocycles. The summed E-state index contributed by atoms with van der Waals surface area (Å²) in [7, 11) is 1.59. The first kappa shape index (κ1) is 16.8. The number of carbonyl (C=O) groups excluding carboxylic acids is 1. The van der Waals surface area contributed by atoms with Crippen molar-refractivity contribution in [2.75, 3.05) is 7.05 Å². The number of imidazole rings is 1. The van der Waals surface area contributed by atoms with E-state index in [2.05, 4.69) is 20.3 Å². The van der Waals surface area contributed by atoms with Crippen molar-refractivity contribution in [3.05, 3.63) is 59.0 Å². The summed E-state index contributed by atoms with van der Waals surface area (Å²) in [6, 6.07) is 11.7. The molecule has 1 atom stereocenters. The van der Waals surface area contributed by atoms with Crippen LogP contribution in [0.25, 0.3) is 11.5 Å². The number of hydrogen-bond acceptors (Lipinski definition) is 3. The third-order valence-electron chi connectivity index (χ3n) is 4.19. The zero-order valence-electron chi connectivity index (χ0n) is 14.8. The standard InChI is InChI=1S/C19H22N4O2/c1-11-12(2)22-18(21-11)15-10-16(17(23-15)19(24)20-4)25-13(3)14-8-6-5-7-9-14/h5-10,13,23H,1-4H3,(H,20,24)(H,21,22)/t13-/m1/s1. The highest BCUT2D eigenvalue weighted by Gasteiger charge is 2.20. The van der Waals surface area contributed by atoms with E-state index in [-0.39, 0.29) is 12.0 Å². The Balaban J connectivity index is 1.95.